The molecule has 3 heteroatoms. The molecule has 31 heavy (non-hydrogen) atoms. The van der Waals surface area contributed by atoms with Gasteiger partial charge >= 0.3 is 0 Å². The molecule has 1 N–H and O–H groups in total. The lowest BCUT2D eigenvalue weighted by Gasteiger charge is -2.24. The number of anilines is 1. The third kappa shape index (κ3) is 5.15. The molecule has 0 aromatic heterocycles. The number of Topliss-reactive ketones (excluding diaryl/α,β-unsaturated/α-hetero) is 1. The summed E-state index contributed by atoms with van der Waals surface area (Å²) in [7, 11) is 0. The summed E-state index contributed by atoms with van der Waals surface area (Å²) in [5, 5.41) is 3.31. The van der Waals surface area contributed by atoms with E-state index in [1.54, 1.807) is 0 Å². The quantitative estimate of drug-likeness (QED) is 0.542. The minimum atomic E-state index is 0.252. The molecule has 4 rings (SSSR count). The molecule has 2 aliphatic rings. The SMILES string of the molecule is Cc1cccc(C(Cc2ccc(NCC(=O)C3CCC3)cc2)C2=CCC(C)C=N2)c1C. The van der Waals surface area contributed by atoms with Gasteiger partial charge in [-0.05, 0) is 79.8 Å². The van der Waals surface area contributed by atoms with Crippen molar-refractivity contribution in [1.29, 1.82) is 0 Å². The predicted octanol–water partition coefficient (Wildman–Crippen LogP) is 6.41. The molecule has 3 nitrogen and oxygen atoms in total. The van der Waals surface area contributed by atoms with E-state index in [0.717, 1.165) is 31.4 Å². The van der Waals surface area contributed by atoms with Crippen molar-refractivity contribution in [2.24, 2.45) is 16.8 Å². The van der Waals surface area contributed by atoms with Gasteiger partial charge in [0.05, 0.1) is 6.54 Å². The van der Waals surface area contributed by atoms with E-state index >= 15 is 0 Å². The van der Waals surface area contributed by atoms with Gasteiger partial charge in [0, 0.05) is 29.4 Å². The normalized spacial score (nSPS) is 19.5. The standard InChI is InChI=1S/C28H34N2O/c1-19-10-15-27(30-17-19)26(25-9-4-6-20(2)21(25)3)16-22-11-13-24(14-12-22)29-18-28(31)23-7-5-8-23/h4,6,9,11-15,17,19,23,26,29H,5,7-8,10,16,18H2,1-3H3. The second kappa shape index (κ2) is 9.64. The van der Waals surface area contributed by atoms with E-state index in [1.165, 1.54) is 34.4 Å². The number of hydrogen-bond acceptors (Lipinski definition) is 3. The first-order valence-electron chi connectivity index (χ1n) is 11.7. The number of ketones is 1. The molecule has 1 saturated carbocycles. The maximum atomic E-state index is 12.1. The van der Waals surface area contributed by atoms with Crippen molar-refractivity contribution in [1.82, 2.24) is 0 Å². The lowest BCUT2D eigenvalue weighted by atomic mass is 9.82. The average molecular weight is 415 g/mol. The number of rotatable bonds is 8. The summed E-state index contributed by atoms with van der Waals surface area (Å²) in [5.74, 6) is 1.40. The van der Waals surface area contributed by atoms with Crippen LogP contribution in [0.3, 0.4) is 0 Å². The number of hydrogen-bond donors (Lipinski definition) is 1. The van der Waals surface area contributed by atoms with E-state index in [-0.39, 0.29) is 11.8 Å². The summed E-state index contributed by atoms with van der Waals surface area (Å²) in [6.45, 7) is 7.06. The van der Waals surface area contributed by atoms with Crippen LogP contribution < -0.4 is 5.32 Å². The van der Waals surface area contributed by atoms with E-state index in [0.29, 0.717) is 18.2 Å². The van der Waals surface area contributed by atoms with Crippen molar-refractivity contribution >= 4 is 17.7 Å². The Morgan fingerprint density at radius 2 is 1.90 bits per heavy atom. The maximum Gasteiger partial charge on any atom is 0.154 e. The minimum Gasteiger partial charge on any atom is -0.378 e. The first-order valence-corrected chi connectivity index (χ1v) is 11.7. The molecule has 1 aliphatic carbocycles. The Morgan fingerprint density at radius 1 is 1.13 bits per heavy atom. The highest BCUT2D eigenvalue weighted by Crippen LogP contribution is 2.34. The second-order valence-electron chi connectivity index (χ2n) is 9.31. The molecule has 0 amide bonds. The van der Waals surface area contributed by atoms with Crippen LogP contribution in [0, 0.1) is 25.7 Å². The van der Waals surface area contributed by atoms with Crippen molar-refractivity contribution in [2.45, 2.75) is 58.8 Å². The first kappa shape index (κ1) is 21.5. The Labute approximate surface area is 186 Å². The molecular formula is C28H34N2O. The molecule has 1 fully saturated rings. The third-order valence-corrected chi connectivity index (χ3v) is 6.98. The topological polar surface area (TPSA) is 41.5 Å². The molecular weight excluding hydrogens is 380 g/mol. The highest BCUT2D eigenvalue weighted by Gasteiger charge is 2.24. The van der Waals surface area contributed by atoms with Gasteiger partial charge in [-0.15, -0.1) is 0 Å². The van der Waals surface area contributed by atoms with Crippen LogP contribution in [0.1, 0.15) is 60.8 Å². The summed E-state index contributed by atoms with van der Waals surface area (Å²) in [4.78, 5) is 17.0. The number of aliphatic imine (C=N–C) groups is 1. The van der Waals surface area contributed by atoms with E-state index in [2.05, 4.69) is 80.8 Å². The highest BCUT2D eigenvalue weighted by molar-refractivity contribution is 5.85. The van der Waals surface area contributed by atoms with Gasteiger partial charge in [0.25, 0.3) is 0 Å². The number of carbonyl (C=O) groups is 1. The Balaban J connectivity index is 1.49. The van der Waals surface area contributed by atoms with Gasteiger partial charge in [-0.2, -0.15) is 0 Å². The summed E-state index contributed by atoms with van der Waals surface area (Å²) < 4.78 is 0. The van der Waals surface area contributed by atoms with E-state index in [4.69, 9.17) is 4.99 Å². The number of aryl methyl sites for hydroxylation is 1. The summed E-state index contributed by atoms with van der Waals surface area (Å²) in [6, 6.07) is 15.2. The van der Waals surface area contributed by atoms with Gasteiger partial charge in [0.15, 0.2) is 5.78 Å². The van der Waals surface area contributed by atoms with Crippen LogP contribution in [-0.4, -0.2) is 18.5 Å². The lowest BCUT2D eigenvalue weighted by molar-refractivity contribution is -0.123. The number of nitrogens with one attached hydrogen (secondary N) is 1. The predicted molar refractivity (Wildman–Crippen MR) is 130 cm³/mol. The minimum absolute atomic E-state index is 0.252. The second-order valence-corrected chi connectivity index (χ2v) is 9.31. The fraction of sp³-hybridized carbons (Fsp3) is 0.429. The number of benzene rings is 2. The third-order valence-electron chi connectivity index (χ3n) is 6.98. The smallest absolute Gasteiger partial charge is 0.154 e. The molecule has 2 aromatic carbocycles. The fourth-order valence-corrected chi connectivity index (χ4v) is 4.45. The van der Waals surface area contributed by atoms with Gasteiger partial charge in [-0.3, -0.25) is 9.79 Å². The van der Waals surface area contributed by atoms with Crippen molar-refractivity contribution < 1.29 is 4.79 Å². The van der Waals surface area contributed by atoms with E-state index in [1.807, 2.05) is 0 Å². The van der Waals surface area contributed by atoms with Crippen LogP contribution in [-0.2, 0) is 11.2 Å². The fourth-order valence-electron chi connectivity index (χ4n) is 4.45. The van der Waals surface area contributed by atoms with Gasteiger partial charge in [-0.25, -0.2) is 0 Å². The van der Waals surface area contributed by atoms with Gasteiger partial charge in [0.1, 0.15) is 0 Å². The summed E-state index contributed by atoms with van der Waals surface area (Å²) in [6.07, 6.45) is 9.72. The Kier molecular flexibility index (Phi) is 6.70. The van der Waals surface area contributed by atoms with Crippen LogP contribution in [0.15, 0.2) is 59.2 Å². The van der Waals surface area contributed by atoms with Crippen LogP contribution in [0.4, 0.5) is 5.69 Å². The monoisotopic (exact) mass is 414 g/mol. The molecule has 0 saturated heterocycles. The largest absolute Gasteiger partial charge is 0.378 e. The molecule has 2 unspecified atom stereocenters. The Hall–Kier alpha value is -2.68. The zero-order valence-corrected chi connectivity index (χ0v) is 19.0. The Morgan fingerprint density at radius 3 is 2.55 bits per heavy atom. The molecule has 0 radical (unpaired) electrons. The molecule has 1 aliphatic heterocycles. The van der Waals surface area contributed by atoms with Gasteiger partial charge in [0.2, 0.25) is 0 Å². The number of carbonyl (C=O) groups excluding carboxylic acids is 1. The summed E-state index contributed by atoms with van der Waals surface area (Å²) in [5.41, 5.74) is 7.54. The molecule has 0 spiro atoms. The highest BCUT2D eigenvalue weighted by atomic mass is 16.1. The van der Waals surface area contributed by atoms with Crippen molar-refractivity contribution in [3.05, 3.63) is 76.5 Å². The van der Waals surface area contributed by atoms with Crippen molar-refractivity contribution in [3.63, 3.8) is 0 Å². The van der Waals surface area contributed by atoms with Gasteiger partial charge in [-0.1, -0.05) is 49.8 Å². The zero-order chi connectivity index (χ0) is 21.8. The van der Waals surface area contributed by atoms with Crippen molar-refractivity contribution in [2.75, 3.05) is 11.9 Å². The molecule has 162 valence electrons. The van der Waals surface area contributed by atoms with Crippen LogP contribution in [0.25, 0.3) is 0 Å². The van der Waals surface area contributed by atoms with Gasteiger partial charge < -0.3 is 5.32 Å². The molecule has 2 atom stereocenters. The zero-order valence-electron chi connectivity index (χ0n) is 19.0. The Bertz CT molecular complexity index is 983. The van der Waals surface area contributed by atoms with Crippen LogP contribution >= 0.6 is 0 Å². The first-order chi connectivity index (χ1) is 15.0. The number of allylic oxidation sites excluding steroid dienone is 2. The average Bonchev–Trinajstić information content (AvgIpc) is 2.73. The number of nitrogens with zero attached hydrogens (tertiary/aromatic N) is 1. The maximum absolute atomic E-state index is 12.1. The van der Waals surface area contributed by atoms with Crippen molar-refractivity contribution in [3.8, 4) is 0 Å². The van der Waals surface area contributed by atoms with E-state index < -0.39 is 0 Å². The van der Waals surface area contributed by atoms with Crippen LogP contribution in [0.2, 0.25) is 0 Å². The van der Waals surface area contributed by atoms with E-state index in [9.17, 15) is 4.79 Å². The molecule has 2 aromatic rings. The molecule has 0 bridgehead atoms. The molecule has 1 heterocycles. The summed E-state index contributed by atoms with van der Waals surface area (Å²) >= 11 is 0. The lowest BCUT2D eigenvalue weighted by Crippen LogP contribution is -2.27. The van der Waals surface area contributed by atoms with Crippen LogP contribution in [0.5, 0.6) is 0 Å².